The van der Waals surface area contributed by atoms with Gasteiger partial charge < -0.3 is 56.1 Å². The van der Waals surface area contributed by atoms with Gasteiger partial charge in [0.15, 0.2) is 11.8 Å². The highest BCUT2D eigenvalue weighted by Crippen LogP contribution is 2.12. The summed E-state index contributed by atoms with van der Waals surface area (Å²) in [6.07, 6.45) is 3.31. The third kappa shape index (κ3) is 12.0. The highest BCUT2D eigenvalue weighted by molar-refractivity contribution is 5.95. The molecule has 23 nitrogen and oxygen atoms in total. The second-order valence-corrected chi connectivity index (χ2v) is 10.4. The molecule has 0 fully saturated rings. The Morgan fingerprint density at radius 2 is 0.980 bits per heavy atom. The number of carbonyl (C=O) groups excluding carboxylic acids is 3. The van der Waals surface area contributed by atoms with Crippen molar-refractivity contribution in [2.45, 2.75) is 51.1 Å². The number of nitrogens with one attached hydrogen (secondary N) is 2. The predicted molar refractivity (Wildman–Crippen MR) is 154 cm³/mol. The van der Waals surface area contributed by atoms with Crippen molar-refractivity contribution in [2.24, 2.45) is 17.6 Å². The Hall–Kier alpha value is -6.39. The van der Waals surface area contributed by atoms with E-state index in [4.69, 9.17) is 26.2 Å². The van der Waals surface area contributed by atoms with Gasteiger partial charge in [-0.05, 0) is 0 Å². The van der Waals surface area contributed by atoms with Crippen molar-refractivity contribution in [3.8, 4) is 0 Å². The Kier molecular flexibility index (Phi) is 13.9. The van der Waals surface area contributed by atoms with Crippen molar-refractivity contribution >= 4 is 53.5 Å². The van der Waals surface area contributed by atoms with Crippen molar-refractivity contribution < 1.29 is 73.8 Å². The fourth-order valence-corrected chi connectivity index (χ4v) is 4.38. The van der Waals surface area contributed by atoms with Crippen molar-refractivity contribution in [2.75, 3.05) is 6.54 Å². The Bertz CT molecular complexity index is 1470. The van der Waals surface area contributed by atoms with E-state index in [0.717, 1.165) is 0 Å². The molecule has 0 saturated carbocycles. The molecule has 0 aromatic carbocycles. The number of carboxylic acid groups (broad SMARTS) is 6. The zero-order valence-corrected chi connectivity index (χ0v) is 25.2. The minimum atomic E-state index is -2.11. The van der Waals surface area contributed by atoms with Crippen LogP contribution in [0, 0.1) is 11.8 Å². The van der Waals surface area contributed by atoms with E-state index >= 15 is 0 Å². The monoisotopic (exact) mass is 696 g/mol. The van der Waals surface area contributed by atoms with Crippen LogP contribution in [-0.2, 0) is 69.3 Å². The van der Waals surface area contributed by atoms with Gasteiger partial charge >= 0.3 is 35.8 Å². The Morgan fingerprint density at radius 3 is 1.27 bits per heavy atom. The fraction of sp³-hybridized carbons (Fsp3) is 0.423. The van der Waals surface area contributed by atoms with Crippen LogP contribution in [0.25, 0.3) is 0 Å². The van der Waals surface area contributed by atoms with Crippen LogP contribution >= 0.6 is 0 Å². The lowest BCUT2D eigenvalue weighted by atomic mass is 10.00. The second-order valence-electron chi connectivity index (χ2n) is 10.4. The summed E-state index contributed by atoms with van der Waals surface area (Å²) in [4.78, 5) is 115. The number of carbonyl (C=O) groups is 9. The first-order valence-electron chi connectivity index (χ1n) is 13.9. The molecule has 0 radical (unpaired) electrons. The van der Waals surface area contributed by atoms with Crippen molar-refractivity contribution in [3.05, 3.63) is 36.4 Å². The normalized spacial score (nSPS) is 12.3. The van der Waals surface area contributed by atoms with Crippen LogP contribution in [0.1, 0.15) is 24.5 Å². The van der Waals surface area contributed by atoms with Gasteiger partial charge in [-0.2, -0.15) is 0 Å². The number of nitrogens with two attached hydrogens (primary N) is 1. The number of aromatic nitrogens is 4. The molecule has 2 rings (SSSR count). The molecular weight excluding hydrogens is 664 g/mol. The molecule has 0 aliphatic heterocycles. The number of primary amides is 1. The average Bonchev–Trinajstić information content (AvgIpc) is 3.60. The van der Waals surface area contributed by atoms with E-state index in [1.807, 2.05) is 0 Å². The molecule has 0 unspecified atom stereocenters. The Labute approximate surface area is 273 Å². The van der Waals surface area contributed by atoms with Gasteiger partial charge in [-0.1, -0.05) is 0 Å². The lowest BCUT2D eigenvalue weighted by Gasteiger charge is -2.22. The number of nitrogens with zero attached hydrogens (tertiary/aromatic N) is 5. The minimum absolute atomic E-state index is 0.142. The van der Waals surface area contributed by atoms with Gasteiger partial charge in [0.05, 0.1) is 19.6 Å². The van der Waals surface area contributed by atoms with Crippen LogP contribution in [0.4, 0.5) is 0 Å². The summed E-state index contributed by atoms with van der Waals surface area (Å²) in [7, 11) is 0. The molecule has 3 amide bonds. The van der Waals surface area contributed by atoms with E-state index in [0.29, 0.717) is 0 Å². The zero-order valence-electron chi connectivity index (χ0n) is 25.2. The predicted octanol–water partition coefficient (Wildman–Crippen LogP) is -3.94. The van der Waals surface area contributed by atoms with Gasteiger partial charge in [0.1, 0.15) is 36.8 Å². The Balaban J connectivity index is 2.16. The molecule has 2 aromatic rings. The third-order valence-corrected chi connectivity index (χ3v) is 6.74. The molecule has 0 spiro atoms. The molecule has 0 bridgehead atoms. The van der Waals surface area contributed by atoms with Gasteiger partial charge in [0.25, 0.3) is 0 Å². The van der Waals surface area contributed by atoms with Crippen LogP contribution in [0.2, 0.25) is 0 Å². The summed E-state index contributed by atoms with van der Waals surface area (Å²) in [5, 5.41) is 59.1. The van der Waals surface area contributed by atoms with Crippen LogP contribution in [0.15, 0.2) is 24.8 Å². The van der Waals surface area contributed by atoms with Crippen molar-refractivity contribution in [3.63, 3.8) is 0 Å². The Morgan fingerprint density at radius 1 is 0.633 bits per heavy atom. The number of aliphatic carboxylic acids is 6. The number of hydrogen-bond donors (Lipinski definition) is 9. The van der Waals surface area contributed by atoms with E-state index in [1.54, 1.807) is 0 Å². The van der Waals surface area contributed by atoms with Crippen LogP contribution in [0.5, 0.6) is 0 Å². The molecule has 266 valence electrons. The molecule has 0 aliphatic rings. The van der Waals surface area contributed by atoms with Crippen molar-refractivity contribution in [1.29, 1.82) is 0 Å². The van der Waals surface area contributed by atoms with Crippen LogP contribution in [-0.4, -0.2) is 127 Å². The van der Waals surface area contributed by atoms with Crippen molar-refractivity contribution in [1.82, 2.24) is 34.6 Å². The van der Waals surface area contributed by atoms with Crippen LogP contribution in [0.3, 0.4) is 0 Å². The summed E-state index contributed by atoms with van der Waals surface area (Å²) in [6, 6.07) is -3.72. The van der Waals surface area contributed by atoms with Gasteiger partial charge in [-0.3, -0.25) is 38.5 Å². The van der Waals surface area contributed by atoms with E-state index in [-0.39, 0.29) is 24.7 Å². The van der Waals surface area contributed by atoms with E-state index in [1.165, 1.54) is 38.8 Å². The SMILES string of the molecule is NC(=O)CN(Cc1nccn1CC(=O)N[C@@H](CC(C(=O)O)C(=O)O)C(=O)O)Cc1nccn1CC(=O)N[C@H](CC(C(=O)O)C(=O)O)C(=O)O. The molecule has 49 heavy (non-hydrogen) atoms. The maximum atomic E-state index is 12.7. The first-order valence-corrected chi connectivity index (χ1v) is 13.9. The molecule has 2 atom stereocenters. The number of carboxylic acids is 6. The number of imidazole rings is 2. The third-order valence-electron chi connectivity index (χ3n) is 6.74. The molecule has 10 N–H and O–H groups in total. The largest absolute Gasteiger partial charge is 0.481 e. The second kappa shape index (κ2) is 17.5. The average molecular weight is 697 g/mol. The molecule has 23 heteroatoms. The zero-order chi connectivity index (χ0) is 37.0. The maximum absolute atomic E-state index is 12.7. The molecule has 2 aromatic heterocycles. The van der Waals surface area contributed by atoms with Gasteiger partial charge in [-0.15, -0.1) is 0 Å². The highest BCUT2D eigenvalue weighted by Gasteiger charge is 2.34. The standard InChI is InChI=1S/C26H32N8O15/c27-16(35)7-32(8-17-28-1-3-33(17)10-19(36)30-14(25(46)47)5-12(21(38)39)22(40)41)9-18-29-2-4-34(18)11-20(37)31-15(26(48)49)6-13(23(42)43)24(44)45/h1-4,12-15H,5-11H2,(H2,27,35)(H,30,36)(H,31,37)(H,38,39)(H,40,41)(H,42,43)(H,44,45)(H,46,47)(H,48,49)/t14-,15+. The molecule has 2 heterocycles. The first-order chi connectivity index (χ1) is 22.9. The quantitative estimate of drug-likeness (QED) is 0.0530. The van der Waals surface area contributed by atoms with Gasteiger partial charge in [-0.25, -0.2) is 19.6 Å². The summed E-state index contributed by atoms with van der Waals surface area (Å²) < 4.78 is 2.50. The van der Waals surface area contributed by atoms with E-state index in [9.17, 15) is 53.4 Å². The summed E-state index contributed by atoms with van der Waals surface area (Å²) in [6.45, 7) is -1.88. The lowest BCUT2D eigenvalue weighted by Crippen LogP contribution is -2.45. The topological polar surface area (TPSA) is 364 Å². The van der Waals surface area contributed by atoms with E-state index < -0.39 is 110 Å². The molecule has 0 saturated heterocycles. The minimum Gasteiger partial charge on any atom is -0.481 e. The van der Waals surface area contributed by atoms with E-state index in [2.05, 4.69) is 20.6 Å². The fourth-order valence-electron chi connectivity index (χ4n) is 4.38. The summed E-state index contributed by atoms with van der Waals surface area (Å²) in [5.74, 6) is -17.2. The number of rotatable bonds is 22. The van der Waals surface area contributed by atoms with Crippen LogP contribution < -0.4 is 16.4 Å². The smallest absolute Gasteiger partial charge is 0.326 e. The summed E-state index contributed by atoms with van der Waals surface area (Å²) in [5.41, 5.74) is 5.38. The molecular formula is C26H32N8O15. The first kappa shape index (κ1) is 38.8. The van der Waals surface area contributed by atoms with Gasteiger partial charge in [0, 0.05) is 37.6 Å². The van der Waals surface area contributed by atoms with Gasteiger partial charge in [0.2, 0.25) is 17.7 Å². The highest BCUT2D eigenvalue weighted by atomic mass is 16.4. The lowest BCUT2D eigenvalue weighted by molar-refractivity contribution is -0.158. The maximum Gasteiger partial charge on any atom is 0.326 e. The number of amides is 3. The number of hydrogen-bond acceptors (Lipinski definition) is 12. The summed E-state index contributed by atoms with van der Waals surface area (Å²) >= 11 is 0. The molecule has 0 aliphatic carbocycles.